The number of nitrogens with zero attached hydrogens (tertiary/aromatic N) is 1. The molecule has 5 aliphatic rings. The van der Waals surface area contributed by atoms with Crippen molar-refractivity contribution in [1.29, 1.82) is 0 Å². The van der Waals surface area contributed by atoms with Crippen LogP contribution in [0.3, 0.4) is 0 Å². The van der Waals surface area contributed by atoms with E-state index in [4.69, 9.17) is 30.5 Å². The molecule has 50 heavy (non-hydrogen) atoms. The fourth-order valence-electron chi connectivity index (χ4n) is 8.03. The van der Waals surface area contributed by atoms with Crippen molar-refractivity contribution in [1.82, 2.24) is 10.0 Å². The summed E-state index contributed by atoms with van der Waals surface area (Å²) in [7, 11) is -4.23. The lowest BCUT2D eigenvalue weighted by atomic mass is 9.68. The molecule has 2 aromatic rings. The number of aryl methyl sites for hydroxylation is 1. The van der Waals surface area contributed by atoms with Crippen molar-refractivity contribution in [3.63, 3.8) is 0 Å². The number of anilines is 1. The number of carbonyl (C=O) groups is 2. The van der Waals surface area contributed by atoms with Crippen LogP contribution < -0.4 is 19.7 Å². The van der Waals surface area contributed by atoms with E-state index in [1.165, 1.54) is 31.0 Å². The van der Waals surface area contributed by atoms with Crippen molar-refractivity contribution in [3.05, 3.63) is 64.7 Å². The summed E-state index contributed by atoms with van der Waals surface area (Å²) in [6, 6.07) is 10.9. The van der Waals surface area contributed by atoms with Crippen LogP contribution in [0.15, 0.2) is 53.4 Å². The van der Waals surface area contributed by atoms with Gasteiger partial charge in [0.1, 0.15) is 18.0 Å². The van der Waals surface area contributed by atoms with Gasteiger partial charge in [-0.15, -0.1) is 0 Å². The van der Waals surface area contributed by atoms with Gasteiger partial charge >= 0.3 is 0 Å². The van der Waals surface area contributed by atoms with Gasteiger partial charge in [0.15, 0.2) is 0 Å². The molecule has 2 aliphatic carbocycles. The van der Waals surface area contributed by atoms with E-state index >= 15 is 0 Å². The molecule has 2 bridgehead atoms. The summed E-state index contributed by atoms with van der Waals surface area (Å²) in [5, 5.41) is 3.71. The quantitative estimate of drug-likeness (QED) is 0.443. The molecule has 2 aromatic carbocycles. The molecule has 7 rings (SSSR count). The van der Waals surface area contributed by atoms with Gasteiger partial charge in [-0.2, -0.15) is 0 Å². The minimum absolute atomic E-state index is 0.0100. The summed E-state index contributed by atoms with van der Waals surface area (Å²) < 4.78 is 53.7. The Balaban J connectivity index is 1.24. The standard InChI is InChI=1S/C37H46ClN3O8S/c1-36(2)35(43)40-50(44,45)28-9-12-33-31(18-28)41(22-37(23-48-33)14-3-5-24-17-26(38)8-11-30(24)37)19-25-7-10-29(25)32(6-4-15-49-36)47-21-34(42)39-27-13-16-46-20-27/h4,6,8-9,11-12,17-18,25,27,29,32H,3,5,7,10,13-16,19-23H2,1-2H3,(H,39,42)(H,40,43)/b6-4-/t25-,27-,29+,32-,37-/m0/s1. The highest BCUT2D eigenvalue weighted by Gasteiger charge is 2.45. The third kappa shape index (κ3) is 7.27. The first kappa shape index (κ1) is 35.3. The van der Waals surface area contributed by atoms with Crippen molar-refractivity contribution in [2.24, 2.45) is 11.8 Å². The van der Waals surface area contributed by atoms with Gasteiger partial charge in [0, 0.05) is 30.1 Å². The number of rotatable bonds is 4. The van der Waals surface area contributed by atoms with E-state index in [0.717, 1.165) is 38.5 Å². The lowest BCUT2D eigenvalue weighted by Gasteiger charge is -2.46. The monoisotopic (exact) mass is 727 g/mol. The van der Waals surface area contributed by atoms with E-state index in [0.29, 0.717) is 49.4 Å². The Morgan fingerprint density at radius 1 is 1.16 bits per heavy atom. The van der Waals surface area contributed by atoms with Gasteiger partial charge in [-0.3, -0.25) is 9.59 Å². The number of halogens is 1. The van der Waals surface area contributed by atoms with Crippen LogP contribution in [0.2, 0.25) is 5.02 Å². The lowest BCUT2D eigenvalue weighted by Crippen LogP contribution is -2.50. The molecule has 3 aliphatic heterocycles. The number of ether oxygens (including phenoxy) is 4. The normalized spacial score (nSPS) is 30.9. The zero-order valence-corrected chi connectivity index (χ0v) is 30.2. The van der Waals surface area contributed by atoms with Gasteiger partial charge in [-0.1, -0.05) is 29.8 Å². The molecule has 270 valence electrons. The molecule has 1 saturated heterocycles. The third-order valence-electron chi connectivity index (χ3n) is 11.0. The lowest BCUT2D eigenvalue weighted by molar-refractivity contribution is -0.139. The molecule has 5 atom stereocenters. The second-order valence-corrected chi connectivity index (χ2v) is 16.9. The molecule has 1 spiro atoms. The maximum absolute atomic E-state index is 13.6. The topological polar surface area (TPSA) is 132 Å². The maximum Gasteiger partial charge on any atom is 0.265 e. The van der Waals surface area contributed by atoms with Crippen LogP contribution in [-0.2, 0) is 45.7 Å². The van der Waals surface area contributed by atoms with Crippen LogP contribution in [0.25, 0.3) is 0 Å². The molecule has 13 heteroatoms. The molecule has 11 nitrogen and oxygen atoms in total. The SMILES string of the molecule is CC1(C)OC/C=C\[C@H](OCC(=O)N[C@H]2CCOC2)[C@@H]2CC[C@H]2CN2C[C@@]3(CCCc4cc(Cl)ccc43)COc3ccc(cc32)S(=O)(=O)NC1=O. The van der Waals surface area contributed by atoms with Crippen LogP contribution >= 0.6 is 11.6 Å². The van der Waals surface area contributed by atoms with Crippen LogP contribution in [0.1, 0.15) is 57.1 Å². The van der Waals surface area contributed by atoms with Gasteiger partial charge in [0.05, 0.1) is 42.5 Å². The van der Waals surface area contributed by atoms with Crippen molar-refractivity contribution >= 4 is 39.1 Å². The molecular weight excluding hydrogens is 682 g/mol. The van der Waals surface area contributed by atoms with E-state index in [9.17, 15) is 18.0 Å². The van der Waals surface area contributed by atoms with E-state index in [1.54, 1.807) is 18.2 Å². The first-order chi connectivity index (χ1) is 23.9. The largest absolute Gasteiger partial charge is 0.490 e. The Bertz CT molecular complexity index is 1760. The number of carbonyl (C=O) groups excluding carboxylic acids is 2. The van der Waals surface area contributed by atoms with Gasteiger partial charge in [-0.25, -0.2) is 13.1 Å². The van der Waals surface area contributed by atoms with Gasteiger partial charge in [0.2, 0.25) is 5.91 Å². The number of benzene rings is 2. The van der Waals surface area contributed by atoms with Crippen molar-refractivity contribution in [3.8, 4) is 5.75 Å². The molecule has 1 saturated carbocycles. The summed E-state index contributed by atoms with van der Waals surface area (Å²) in [6.45, 7) is 5.84. The fourth-order valence-corrected chi connectivity index (χ4v) is 9.34. The van der Waals surface area contributed by atoms with Gasteiger partial charge < -0.3 is 29.2 Å². The minimum atomic E-state index is -4.23. The Morgan fingerprint density at radius 3 is 2.80 bits per heavy atom. The zero-order valence-electron chi connectivity index (χ0n) is 28.6. The smallest absolute Gasteiger partial charge is 0.265 e. The van der Waals surface area contributed by atoms with Crippen molar-refractivity contribution < 1.29 is 37.0 Å². The first-order valence-corrected chi connectivity index (χ1v) is 19.5. The Hall–Kier alpha value is -3.16. The Kier molecular flexibility index (Phi) is 9.94. The molecule has 0 aromatic heterocycles. The van der Waals surface area contributed by atoms with Crippen LogP contribution in [0, 0.1) is 11.8 Å². The predicted molar refractivity (Wildman–Crippen MR) is 188 cm³/mol. The third-order valence-corrected chi connectivity index (χ3v) is 12.6. The summed E-state index contributed by atoms with van der Waals surface area (Å²) in [4.78, 5) is 28.4. The molecule has 2 fully saturated rings. The molecule has 0 unspecified atom stereocenters. The highest BCUT2D eigenvalue weighted by atomic mass is 35.5. The molecule has 2 N–H and O–H groups in total. The number of amides is 2. The maximum atomic E-state index is 13.6. The van der Waals surface area contributed by atoms with E-state index in [1.807, 2.05) is 12.1 Å². The Morgan fingerprint density at radius 2 is 2.02 bits per heavy atom. The number of fused-ring (bicyclic) bond motifs is 4. The van der Waals surface area contributed by atoms with E-state index in [-0.39, 0.29) is 53.4 Å². The minimum Gasteiger partial charge on any atom is -0.490 e. The fraction of sp³-hybridized carbons (Fsp3) is 0.568. The summed E-state index contributed by atoms with van der Waals surface area (Å²) in [6.07, 6.45) is 8.80. The average molecular weight is 728 g/mol. The number of nitrogens with one attached hydrogen (secondary N) is 2. The van der Waals surface area contributed by atoms with Crippen molar-refractivity contribution in [2.45, 2.75) is 80.4 Å². The second kappa shape index (κ2) is 14.1. The summed E-state index contributed by atoms with van der Waals surface area (Å²) in [5.41, 5.74) is 1.30. The molecule has 3 heterocycles. The first-order valence-electron chi connectivity index (χ1n) is 17.6. The molecule has 2 amide bonds. The van der Waals surface area contributed by atoms with Crippen molar-refractivity contribution in [2.75, 3.05) is 51.0 Å². The van der Waals surface area contributed by atoms with Gasteiger partial charge in [0.25, 0.3) is 15.9 Å². The second-order valence-electron chi connectivity index (χ2n) is 14.8. The Labute approximate surface area is 299 Å². The van der Waals surface area contributed by atoms with Gasteiger partial charge in [-0.05, 0) is 106 Å². The highest BCUT2D eigenvalue weighted by Crippen LogP contribution is 2.47. The van der Waals surface area contributed by atoms with E-state index < -0.39 is 21.5 Å². The highest BCUT2D eigenvalue weighted by molar-refractivity contribution is 7.90. The number of sulfonamides is 1. The summed E-state index contributed by atoms with van der Waals surface area (Å²) >= 11 is 6.44. The zero-order chi connectivity index (χ0) is 35.1. The average Bonchev–Trinajstić information content (AvgIpc) is 3.52. The number of hydrogen-bond acceptors (Lipinski definition) is 9. The van der Waals surface area contributed by atoms with E-state index in [2.05, 4.69) is 27.1 Å². The molecular formula is C37H46ClN3O8S. The summed E-state index contributed by atoms with van der Waals surface area (Å²) in [5.74, 6) is -0.0779. The van der Waals surface area contributed by atoms with Crippen LogP contribution in [-0.4, -0.2) is 84.1 Å². The predicted octanol–water partition coefficient (Wildman–Crippen LogP) is 4.30. The molecule has 0 radical (unpaired) electrons. The van der Waals surface area contributed by atoms with Crippen LogP contribution in [0.5, 0.6) is 5.75 Å². The number of hydrogen-bond donors (Lipinski definition) is 2. The van der Waals surface area contributed by atoms with Crippen LogP contribution in [0.4, 0.5) is 5.69 Å².